The average Bonchev–Trinajstić information content (AvgIpc) is 2.82. The average molecular weight is 271 g/mol. The van der Waals surface area contributed by atoms with Gasteiger partial charge in [0.2, 0.25) is 5.91 Å². The van der Waals surface area contributed by atoms with Crippen LogP contribution in [0.4, 0.5) is 4.79 Å². The number of likely N-dealkylation sites (tertiary alicyclic amines) is 1. The lowest BCUT2D eigenvalue weighted by Gasteiger charge is -2.26. The van der Waals surface area contributed by atoms with Crippen LogP contribution in [0.3, 0.4) is 0 Å². The minimum Gasteiger partial charge on any atom is -0.480 e. The van der Waals surface area contributed by atoms with Crippen molar-refractivity contribution in [2.45, 2.75) is 38.8 Å². The summed E-state index contributed by atoms with van der Waals surface area (Å²) >= 11 is 0. The van der Waals surface area contributed by atoms with Gasteiger partial charge in [0.1, 0.15) is 12.1 Å². The number of aliphatic carboxylic acids is 1. The van der Waals surface area contributed by atoms with E-state index in [1.807, 2.05) is 0 Å². The van der Waals surface area contributed by atoms with Gasteiger partial charge >= 0.3 is 12.0 Å². The van der Waals surface area contributed by atoms with Gasteiger partial charge in [0.05, 0.1) is 0 Å². The number of nitrogens with zero attached hydrogens (tertiary/aromatic N) is 1. The van der Waals surface area contributed by atoms with Gasteiger partial charge in [-0.15, -0.1) is 0 Å². The number of rotatable bonds is 4. The van der Waals surface area contributed by atoms with Crippen molar-refractivity contribution in [1.82, 2.24) is 15.5 Å². The number of hydrogen-bond donors (Lipinski definition) is 3. The third kappa shape index (κ3) is 3.59. The van der Waals surface area contributed by atoms with Crippen LogP contribution in [0.2, 0.25) is 0 Å². The molecule has 0 aromatic heterocycles. The fourth-order valence-corrected chi connectivity index (χ4v) is 2.18. The van der Waals surface area contributed by atoms with E-state index < -0.39 is 24.1 Å². The monoisotopic (exact) mass is 271 g/mol. The predicted molar refractivity (Wildman–Crippen MR) is 68.6 cm³/mol. The minimum absolute atomic E-state index is 0.218. The fraction of sp³-hybridized carbons (Fsp3) is 0.750. The molecule has 0 aromatic carbocycles. The SMILES string of the molecule is CNC(=O)C1CCCN1C(=O)N[C@@H](C(=O)O)C(C)C. The maximum atomic E-state index is 12.1. The number of carbonyl (C=O) groups is 3. The normalized spacial score (nSPS) is 20.2. The number of carbonyl (C=O) groups excluding carboxylic acids is 2. The van der Waals surface area contributed by atoms with E-state index in [2.05, 4.69) is 10.6 Å². The Bertz CT molecular complexity index is 370. The quantitative estimate of drug-likeness (QED) is 0.671. The van der Waals surface area contributed by atoms with Gasteiger partial charge in [-0.25, -0.2) is 9.59 Å². The van der Waals surface area contributed by atoms with Crippen molar-refractivity contribution in [3.8, 4) is 0 Å². The zero-order chi connectivity index (χ0) is 14.6. The minimum atomic E-state index is -1.07. The van der Waals surface area contributed by atoms with E-state index in [-0.39, 0.29) is 11.8 Å². The van der Waals surface area contributed by atoms with Crippen LogP contribution in [0.1, 0.15) is 26.7 Å². The maximum absolute atomic E-state index is 12.1. The van der Waals surface area contributed by atoms with Crippen molar-refractivity contribution in [3.05, 3.63) is 0 Å². The zero-order valence-corrected chi connectivity index (χ0v) is 11.5. The van der Waals surface area contributed by atoms with Gasteiger partial charge in [-0.2, -0.15) is 0 Å². The van der Waals surface area contributed by atoms with Gasteiger partial charge in [-0.3, -0.25) is 4.79 Å². The number of hydrogen-bond acceptors (Lipinski definition) is 3. The molecule has 3 N–H and O–H groups in total. The van der Waals surface area contributed by atoms with Crippen molar-refractivity contribution >= 4 is 17.9 Å². The fourth-order valence-electron chi connectivity index (χ4n) is 2.18. The van der Waals surface area contributed by atoms with E-state index in [1.54, 1.807) is 13.8 Å². The van der Waals surface area contributed by atoms with Gasteiger partial charge < -0.3 is 20.6 Å². The number of likely N-dealkylation sites (N-methyl/N-ethyl adjacent to an activating group) is 1. The summed E-state index contributed by atoms with van der Waals surface area (Å²) in [6.45, 7) is 3.91. The Morgan fingerprint density at radius 3 is 2.42 bits per heavy atom. The Kier molecular flexibility index (Phi) is 5.14. The summed E-state index contributed by atoms with van der Waals surface area (Å²) in [5.74, 6) is -1.51. The molecule has 3 amide bonds. The topological polar surface area (TPSA) is 98.7 Å². The van der Waals surface area contributed by atoms with Crippen molar-refractivity contribution in [2.24, 2.45) is 5.92 Å². The number of urea groups is 1. The second-order valence-electron chi connectivity index (χ2n) is 4.98. The molecule has 0 aromatic rings. The van der Waals surface area contributed by atoms with Crippen LogP contribution >= 0.6 is 0 Å². The third-order valence-electron chi connectivity index (χ3n) is 3.27. The summed E-state index contributed by atoms with van der Waals surface area (Å²) in [4.78, 5) is 36.2. The summed E-state index contributed by atoms with van der Waals surface area (Å²) in [6.07, 6.45) is 1.34. The van der Waals surface area contributed by atoms with Crippen LogP contribution in [0.25, 0.3) is 0 Å². The highest BCUT2D eigenvalue weighted by Crippen LogP contribution is 2.17. The molecule has 1 fully saturated rings. The predicted octanol–water partition coefficient (Wildman–Crippen LogP) is 0.0156. The highest BCUT2D eigenvalue weighted by Gasteiger charge is 2.35. The van der Waals surface area contributed by atoms with Gasteiger partial charge in [-0.05, 0) is 18.8 Å². The van der Waals surface area contributed by atoms with Crippen LogP contribution in [0, 0.1) is 5.92 Å². The summed E-state index contributed by atoms with van der Waals surface area (Å²) in [6, 6.07) is -1.95. The first-order valence-electron chi connectivity index (χ1n) is 6.40. The molecule has 1 rings (SSSR count). The van der Waals surface area contributed by atoms with Crippen molar-refractivity contribution < 1.29 is 19.5 Å². The second kappa shape index (κ2) is 6.40. The van der Waals surface area contributed by atoms with Crippen LogP contribution in [0.5, 0.6) is 0 Å². The molecule has 1 aliphatic rings. The molecule has 1 heterocycles. The molecule has 0 aliphatic carbocycles. The summed E-state index contributed by atoms with van der Waals surface area (Å²) < 4.78 is 0. The first kappa shape index (κ1) is 15.3. The van der Waals surface area contributed by atoms with E-state index >= 15 is 0 Å². The Labute approximate surface area is 112 Å². The molecular formula is C12H21N3O4. The van der Waals surface area contributed by atoms with Gasteiger partial charge in [-0.1, -0.05) is 13.8 Å². The Morgan fingerprint density at radius 2 is 1.95 bits per heavy atom. The summed E-state index contributed by atoms with van der Waals surface area (Å²) in [5, 5.41) is 14.0. The molecule has 2 atom stereocenters. The number of nitrogens with one attached hydrogen (secondary N) is 2. The van der Waals surface area contributed by atoms with E-state index in [0.29, 0.717) is 13.0 Å². The van der Waals surface area contributed by atoms with E-state index in [9.17, 15) is 14.4 Å². The van der Waals surface area contributed by atoms with Crippen LogP contribution < -0.4 is 10.6 Å². The molecule has 0 radical (unpaired) electrons. The Morgan fingerprint density at radius 1 is 1.32 bits per heavy atom. The van der Waals surface area contributed by atoms with Gasteiger partial charge in [0, 0.05) is 13.6 Å². The molecule has 108 valence electrons. The molecule has 1 aliphatic heterocycles. The molecule has 19 heavy (non-hydrogen) atoms. The van der Waals surface area contributed by atoms with E-state index in [4.69, 9.17) is 5.11 Å². The number of carboxylic acids is 1. The van der Waals surface area contributed by atoms with E-state index in [0.717, 1.165) is 6.42 Å². The first-order chi connectivity index (χ1) is 8.88. The molecule has 0 saturated carbocycles. The molecular weight excluding hydrogens is 250 g/mol. The summed E-state index contributed by atoms with van der Waals surface area (Å²) in [5.41, 5.74) is 0. The lowest BCUT2D eigenvalue weighted by Crippen LogP contribution is -2.54. The molecule has 7 nitrogen and oxygen atoms in total. The molecule has 1 unspecified atom stereocenters. The third-order valence-corrected chi connectivity index (χ3v) is 3.27. The Hall–Kier alpha value is -1.79. The highest BCUT2D eigenvalue weighted by molar-refractivity contribution is 5.89. The number of amides is 3. The summed E-state index contributed by atoms with van der Waals surface area (Å²) in [7, 11) is 1.52. The second-order valence-corrected chi connectivity index (χ2v) is 4.98. The first-order valence-corrected chi connectivity index (χ1v) is 6.40. The molecule has 7 heteroatoms. The molecule has 0 spiro atoms. The lowest BCUT2D eigenvalue weighted by molar-refractivity contribution is -0.140. The smallest absolute Gasteiger partial charge is 0.326 e. The maximum Gasteiger partial charge on any atom is 0.326 e. The molecule has 0 bridgehead atoms. The van der Waals surface area contributed by atoms with Crippen LogP contribution in [-0.2, 0) is 9.59 Å². The van der Waals surface area contributed by atoms with Crippen molar-refractivity contribution in [2.75, 3.05) is 13.6 Å². The molecule has 1 saturated heterocycles. The lowest BCUT2D eigenvalue weighted by atomic mass is 10.1. The Balaban J connectivity index is 2.71. The van der Waals surface area contributed by atoms with Gasteiger partial charge in [0.15, 0.2) is 0 Å². The van der Waals surface area contributed by atoms with Gasteiger partial charge in [0.25, 0.3) is 0 Å². The van der Waals surface area contributed by atoms with Crippen molar-refractivity contribution in [1.29, 1.82) is 0 Å². The number of carboxylic acid groups (broad SMARTS) is 1. The highest BCUT2D eigenvalue weighted by atomic mass is 16.4. The zero-order valence-electron chi connectivity index (χ0n) is 11.5. The van der Waals surface area contributed by atoms with Crippen molar-refractivity contribution in [3.63, 3.8) is 0 Å². The standard InChI is InChI=1S/C12H21N3O4/c1-7(2)9(11(17)18)14-12(19)15-6-4-5-8(15)10(16)13-3/h7-9H,4-6H2,1-3H3,(H,13,16)(H,14,19)(H,17,18)/t8?,9-/m1/s1. The van der Waals surface area contributed by atoms with Crippen LogP contribution in [-0.4, -0.2) is 53.6 Å². The van der Waals surface area contributed by atoms with Crippen LogP contribution in [0.15, 0.2) is 0 Å². The largest absolute Gasteiger partial charge is 0.480 e. The van der Waals surface area contributed by atoms with E-state index in [1.165, 1.54) is 11.9 Å².